The van der Waals surface area contributed by atoms with Crippen molar-refractivity contribution < 1.29 is 24.0 Å². The summed E-state index contributed by atoms with van der Waals surface area (Å²) < 4.78 is 5.86. The van der Waals surface area contributed by atoms with Crippen LogP contribution in [0.25, 0.3) is 6.08 Å². The number of anilines is 1. The molecule has 0 spiro atoms. The molecule has 1 fully saturated rings. The number of hydrogen-bond acceptors (Lipinski definition) is 6. The summed E-state index contributed by atoms with van der Waals surface area (Å²) in [4.78, 5) is 49.4. The second-order valence-electron chi connectivity index (χ2n) is 7.57. The monoisotopic (exact) mass is 579 g/mol. The number of halogens is 4. The molecule has 0 atom stereocenters. The lowest BCUT2D eigenvalue weighted by Gasteiger charge is -2.26. The number of imide groups is 2. The van der Waals surface area contributed by atoms with Crippen LogP contribution in [0.1, 0.15) is 11.1 Å². The molecule has 0 aromatic heterocycles. The summed E-state index contributed by atoms with van der Waals surface area (Å²) in [6, 6.07) is 11.4. The number of nitrogens with zero attached hydrogens (tertiary/aromatic N) is 2. The van der Waals surface area contributed by atoms with Gasteiger partial charge in [0.2, 0.25) is 0 Å². The van der Waals surface area contributed by atoms with E-state index < -0.39 is 28.3 Å². The van der Waals surface area contributed by atoms with Crippen molar-refractivity contribution in [2.75, 3.05) is 4.90 Å². The number of nitrogens with one attached hydrogen (secondary N) is 1. The zero-order valence-corrected chi connectivity index (χ0v) is 21.4. The van der Waals surface area contributed by atoms with Crippen LogP contribution >= 0.6 is 46.4 Å². The normalized spacial score (nSPS) is 14.6. The Balaban J connectivity index is 1.73. The van der Waals surface area contributed by atoms with E-state index in [2.05, 4.69) is 0 Å². The molecule has 13 heteroatoms. The number of hydrogen-bond donors (Lipinski definition) is 1. The lowest BCUT2D eigenvalue weighted by atomic mass is 10.1. The van der Waals surface area contributed by atoms with E-state index in [4.69, 9.17) is 51.1 Å². The Labute approximate surface area is 229 Å². The number of urea groups is 1. The molecule has 1 N–H and O–H groups in total. The van der Waals surface area contributed by atoms with Crippen molar-refractivity contribution in [1.29, 1.82) is 0 Å². The summed E-state index contributed by atoms with van der Waals surface area (Å²) in [5, 5.41) is 14.2. The predicted octanol–water partition coefficient (Wildman–Crippen LogP) is 6.45. The number of non-ortho nitro benzene ring substituents is 1. The highest BCUT2D eigenvalue weighted by molar-refractivity contribution is 6.40. The van der Waals surface area contributed by atoms with Gasteiger partial charge in [0.25, 0.3) is 17.5 Å². The zero-order valence-electron chi connectivity index (χ0n) is 18.3. The Kier molecular flexibility index (Phi) is 7.70. The fourth-order valence-electron chi connectivity index (χ4n) is 3.42. The molecule has 0 aliphatic carbocycles. The van der Waals surface area contributed by atoms with Crippen molar-refractivity contribution in [2.45, 2.75) is 6.61 Å². The Morgan fingerprint density at radius 1 is 0.946 bits per heavy atom. The minimum absolute atomic E-state index is 0.0357. The third-order valence-electron chi connectivity index (χ3n) is 5.12. The van der Waals surface area contributed by atoms with Gasteiger partial charge in [-0.15, -0.1) is 0 Å². The van der Waals surface area contributed by atoms with Crippen LogP contribution in [0.4, 0.5) is 16.2 Å². The quantitative estimate of drug-likeness (QED) is 0.155. The van der Waals surface area contributed by atoms with E-state index in [1.165, 1.54) is 30.3 Å². The van der Waals surface area contributed by atoms with Gasteiger partial charge in [0.15, 0.2) is 0 Å². The molecule has 0 radical (unpaired) electrons. The van der Waals surface area contributed by atoms with Gasteiger partial charge in [-0.3, -0.25) is 25.0 Å². The first-order chi connectivity index (χ1) is 17.5. The molecule has 3 aromatic rings. The maximum atomic E-state index is 13.2. The van der Waals surface area contributed by atoms with Crippen LogP contribution in [0, 0.1) is 10.1 Å². The summed E-state index contributed by atoms with van der Waals surface area (Å²) in [7, 11) is 0. The first-order valence-electron chi connectivity index (χ1n) is 10.3. The molecule has 1 aliphatic heterocycles. The highest BCUT2D eigenvalue weighted by Crippen LogP contribution is 2.36. The Bertz CT molecular complexity index is 1510. The number of nitro benzene ring substituents is 1. The SMILES string of the molecule is O=C1NC(=O)N(c2cccc([N+](=O)[O-])c2)C(=O)/C1=C/c1cc(Cl)cc(Cl)c1OCc1ccc(Cl)cc1Cl. The molecule has 1 saturated heterocycles. The van der Waals surface area contributed by atoms with Gasteiger partial charge in [0, 0.05) is 38.3 Å². The average molecular weight is 581 g/mol. The predicted molar refractivity (Wildman–Crippen MR) is 139 cm³/mol. The summed E-state index contributed by atoms with van der Waals surface area (Å²) in [5.41, 5.74) is -0.162. The van der Waals surface area contributed by atoms with Crippen molar-refractivity contribution >= 4 is 81.7 Å². The minimum atomic E-state index is -1.06. The summed E-state index contributed by atoms with van der Waals surface area (Å²) in [5.74, 6) is -1.92. The van der Waals surface area contributed by atoms with E-state index in [1.54, 1.807) is 18.2 Å². The second kappa shape index (κ2) is 10.8. The third kappa shape index (κ3) is 5.70. The van der Waals surface area contributed by atoms with Crippen LogP contribution in [0.15, 0.2) is 60.2 Å². The number of benzene rings is 3. The number of barbiturate groups is 1. The van der Waals surface area contributed by atoms with Crippen LogP contribution in [-0.4, -0.2) is 22.8 Å². The molecule has 1 heterocycles. The van der Waals surface area contributed by atoms with E-state index in [-0.39, 0.29) is 39.3 Å². The van der Waals surface area contributed by atoms with Gasteiger partial charge in [-0.05, 0) is 36.4 Å². The first-order valence-corrected chi connectivity index (χ1v) is 11.8. The summed E-state index contributed by atoms with van der Waals surface area (Å²) in [6.45, 7) is -0.0357. The largest absolute Gasteiger partial charge is 0.487 e. The van der Waals surface area contributed by atoms with Gasteiger partial charge >= 0.3 is 6.03 Å². The minimum Gasteiger partial charge on any atom is -0.487 e. The fourth-order valence-corrected chi connectivity index (χ4v) is 4.45. The molecule has 0 unspecified atom stereocenters. The van der Waals surface area contributed by atoms with Crippen LogP contribution in [0.5, 0.6) is 5.75 Å². The first kappa shape index (κ1) is 26.4. The molecular weight excluding hydrogens is 568 g/mol. The number of ether oxygens (including phenoxy) is 1. The van der Waals surface area contributed by atoms with Crippen LogP contribution in [0.3, 0.4) is 0 Å². The van der Waals surface area contributed by atoms with E-state index in [9.17, 15) is 24.5 Å². The number of carbonyl (C=O) groups excluding carboxylic acids is 3. The van der Waals surface area contributed by atoms with E-state index in [0.29, 0.717) is 20.5 Å². The fraction of sp³-hybridized carbons (Fsp3) is 0.0417. The molecule has 1 aliphatic rings. The highest BCUT2D eigenvalue weighted by atomic mass is 35.5. The Morgan fingerprint density at radius 2 is 1.68 bits per heavy atom. The zero-order chi connectivity index (χ0) is 26.9. The second-order valence-corrected chi connectivity index (χ2v) is 9.25. The topological polar surface area (TPSA) is 119 Å². The number of carbonyl (C=O) groups is 3. The smallest absolute Gasteiger partial charge is 0.335 e. The van der Waals surface area contributed by atoms with Crippen molar-refractivity contribution in [1.82, 2.24) is 5.32 Å². The van der Waals surface area contributed by atoms with Gasteiger partial charge in [-0.2, -0.15) is 0 Å². The molecule has 9 nitrogen and oxygen atoms in total. The van der Waals surface area contributed by atoms with Crippen molar-refractivity contribution in [3.8, 4) is 5.75 Å². The van der Waals surface area contributed by atoms with Crippen LogP contribution in [0.2, 0.25) is 20.1 Å². The van der Waals surface area contributed by atoms with Crippen LogP contribution in [-0.2, 0) is 16.2 Å². The highest BCUT2D eigenvalue weighted by Gasteiger charge is 2.37. The molecule has 3 aromatic carbocycles. The molecular formula is C24H13Cl4N3O6. The van der Waals surface area contributed by atoms with E-state index in [1.807, 2.05) is 5.32 Å². The van der Waals surface area contributed by atoms with Crippen molar-refractivity contribution in [2.24, 2.45) is 0 Å². The van der Waals surface area contributed by atoms with Gasteiger partial charge in [-0.1, -0.05) is 58.5 Å². The Morgan fingerprint density at radius 3 is 2.38 bits per heavy atom. The standard InChI is InChI=1S/C24H13Cl4N3O6/c25-14-5-4-12(19(27)8-14)11-37-21-13(6-15(26)9-20(21)28)7-18-22(32)29-24(34)30(23(18)33)16-2-1-3-17(10-16)31(35)36/h1-10H,11H2,(H,29,32,34)/b18-7+. The van der Waals surface area contributed by atoms with Crippen molar-refractivity contribution in [3.63, 3.8) is 0 Å². The maximum Gasteiger partial charge on any atom is 0.335 e. The molecule has 37 heavy (non-hydrogen) atoms. The average Bonchev–Trinajstić information content (AvgIpc) is 2.82. The number of nitro groups is 1. The number of rotatable bonds is 6. The third-order valence-corrected chi connectivity index (χ3v) is 6.21. The van der Waals surface area contributed by atoms with E-state index >= 15 is 0 Å². The molecule has 188 valence electrons. The lowest BCUT2D eigenvalue weighted by Crippen LogP contribution is -2.54. The van der Waals surface area contributed by atoms with Gasteiger partial charge in [-0.25, -0.2) is 9.69 Å². The van der Waals surface area contributed by atoms with Gasteiger partial charge in [0.1, 0.15) is 17.9 Å². The Hall–Kier alpha value is -3.63. The summed E-state index contributed by atoms with van der Waals surface area (Å²) >= 11 is 24.6. The van der Waals surface area contributed by atoms with E-state index in [0.717, 1.165) is 12.1 Å². The molecule has 0 saturated carbocycles. The summed E-state index contributed by atoms with van der Waals surface area (Å²) in [6.07, 6.45) is 1.16. The molecule has 4 amide bonds. The van der Waals surface area contributed by atoms with Crippen molar-refractivity contribution in [3.05, 3.63) is 102 Å². The molecule has 0 bridgehead atoms. The molecule has 4 rings (SSSR count). The maximum absolute atomic E-state index is 13.2. The number of amides is 4. The van der Waals surface area contributed by atoms with Crippen LogP contribution < -0.4 is 15.0 Å². The lowest BCUT2D eigenvalue weighted by molar-refractivity contribution is -0.384. The van der Waals surface area contributed by atoms with Gasteiger partial charge in [0.05, 0.1) is 15.6 Å². The van der Waals surface area contributed by atoms with Gasteiger partial charge < -0.3 is 4.74 Å².